The molecular formula is C14H15ClF3NO. The van der Waals surface area contributed by atoms with Crippen molar-refractivity contribution >= 4 is 17.5 Å². The van der Waals surface area contributed by atoms with Crippen LogP contribution in [0.3, 0.4) is 0 Å². The van der Waals surface area contributed by atoms with E-state index in [0.717, 1.165) is 25.0 Å². The van der Waals surface area contributed by atoms with Gasteiger partial charge in [-0.1, -0.05) is 12.1 Å². The highest BCUT2D eigenvalue weighted by Gasteiger charge is 2.41. The second-order valence-corrected chi connectivity index (χ2v) is 5.55. The molecule has 0 heterocycles. The molecule has 0 radical (unpaired) electrons. The monoisotopic (exact) mass is 305 g/mol. The summed E-state index contributed by atoms with van der Waals surface area (Å²) in [6, 6.07) is 4.64. The van der Waals surface area contributed by atoms with E-state index in [1.165, 1.54) is 12.1 Å². The van der Waals surface area contributed by atoms with Gasteiger partial charge in [0.2, 0.25) is 5.91 Å². The van der Waals surface area contributed by atoms with Gasteiger partial charge in [-0.15, -0.1) is 11.6 Å². The van der Waals surface area contributed by atoms with Crippen LogP contribution in [0.2, 0.25) is 0 Å². The summed E-state index contributed by atoms with van der Waals surface area (Å²) in [5.41, 5.74) is -0.107. The first-order valence-corrected chi connectivity index (χ1v) is 6.87. The van der Waals surface area contributed by atoms with Gasteiger partial charge in [0.05, 0.1) is 12.0 Å². The molecule has 1 aliphatic carbocycles. The molecular weight excluding hydrogens is 291 g/mol. The van der Waals surface area contributed by atoms with Gasteiger partial charge in [0.15, 0.2) is 0 Å². The van der Waals surface area contributed by atoms with Crippen molar-refractivity contribution in [3.05, 3.63) is 35.4 Å². The van der Waals surface area contributed by atoms with Gasteiger partial charge in [0.1, 0.15) is 0 Å². The van der Waals surface area contributed by atoms with Crippen molar-refractivity contribution in [3.8, 4) is 0 Å². The van der Waals surface area contributed by atoms with Crippen LogP contribution in [0.5, 0.6) is 0 Å². The normalized spacial score (nSPS) is 16.8. The minimum atomic E-state index is -4.35. The molecule has 0 aliphatic heterocycles. The SMILES string of the molecule is O=C(Cc1ccc(C(F)(F)F)cc1)NCC1(CCl)CC1. The molecule has 0 saturated heterocycles. The molecule has 20 heavy (non-hydrogen) atoms. The average molecular weight is 306 g/mol. The molecule has 1 aromatic carbocycles. The first kappa shape index (κ1) is 15.2. The van der Waals surface area contributed by atoms with Crippen LogP contribution in [-0.2, 0) is 17.4 Å². The van der Waals surface area contributed by atoms with E-state index in [4.69, 9.17) is 11.6 Å². The Bertz CT molecular complexity index is 480. The molecule has 6 heteroatoms. The minimum Gasteiger partial charge on any atom is -0.355 e. The van der Waals surface area contributed by atoms with E-state index >= 15 is 0 Å². The molecule has 0 aromatic heterocycles. The van der Waals surface area contributed by atoms with Gasteiger partial charge in [-0.05, 0) is 30.5 Å². The number of halogens is 4. The summed E-state index contributed by atoms with van der Waals surface area (Å²) < 4.78 is 37.2. The molecule has 1 fully saturated rings. The molecule has 1 aliphatic rings. The third kappa shape index (κ3) is 3.88. The zero-order chi connectivity index (χ0) is 14.8. The molecule has 2 rings (SSSR count). The average Bonchev–Trinajstić information content (AvgIpc) is 3.17. The van der Waals surface area contributed by atoms with Crippen molar-refractivity contribution in [2.45, 2.75) is 25.4 Å². The maximum absolute atomic E-state index is 12.4. The van der Waals surface area contributed by atoms with Gasteiger partial charge >= 0.3 is 6.18 Å². The Morgan fingerprint density at radius 2 is 1.85 bits per heavy atom. The lowest BCUT2D eigenvalue weighted by atomic mass is 10.1. The zero-order valence-electron chi connectivity index (χ0n) is 10.8. The van der Waals surface area contributed by atoms with E-state index in [-0.39, 0.29) is 17.7 Å². The predicted molar refractivity (Wildman–Crippen MR) is 70.5 cm³/mol. The molecule has 0 atom stereocenters. The molecule has 2 nitrogen and oxygen atoms in total. The summed E-state index contributed by atoms with van der Waals surface area (Å²) in [4.78, 5) is 11.7. The highest BCUT2D eigenvalue weighted by atomic mass is 35.5. The van der Waals surface area contributed by atoms with E-state index in [1.54, 1.807) is 0 Å². The third-order valence-electron chi connectivity index (χ3n) is 3.55. The summed E-state index contributed by atoms with van der Waals surface area (Å²) in [7, 11) is 0. The molecule has 1 saturated carbocycles. The second-order valence-electron chi connectivity index (χ2n) is 5.28. The number of rotatable bonds is 5. The smallest absolute Gasteiger partial charge is 0.355 e. The van der Waals surface area contributed by atoms with Crippen molar-refractivity contribution in [2.75, 3.05) is 12.4 Å². The summed E-state index contributed by atoms with van der Waals surface area (Å²) in [6.45, 7) is 0.538. The van der Waals surface area contributed by atoms with Crippen LogP contribution in [0.4, 0.5) is 13.2 Å². The van der Waals surface area contributed by atoms with E-state index in [0.29, 0.717) is 18.0 Å². The van der Waals surface area contributed by atoms with Crippen LogP contribution in [-0.4, -0.2) is 18.3 Å². The fourth-order valence-corrected chi connectivity index (χ4v) is 2.24. The zero-order valence-corrected chi connectivity index (χ0v) is 11.5. The molecule has 1 N–H and O–H groups in total. The predicted octanol–water partition coefficient (Wildman–Crippen LogP) is 3.38. The number of amides is 1. The summed E-state index contributed by atoms with van der Waals surface area (Å²) in [5, 5.41) is 2.78. The van der Waals surface area contributed by atoms with E-state index in [9.17, 15) is 18.0 Å². The standard InChI is InChI=1S/C14H15ClF3NO/c15-8-13(5-6-13)9-19-12(20)7-10-1-3-11(4-2-10)14(16,17)18/h1-4H,5-9H2,(H,19,20). The lowest BCUT2D eigenvalue weighted by Gasteiger charge is -2.12. The second kappa shape index (κ2) is 5.64. The highest BCUT2D eigenvalue weighted by molar-refractivity contribution is 6.18. The van der Waals surface area contributed by atoms with Crippen LogP contribution >= 0.6 is 11.6 Å². The lowest BCUT2D eigenvalue weighted by molar-refractivity contribution is -0.137. The molecule has 0 unspecified atom stereocenters. The Labute approximate surface area is 120 Å². The number of carbonyl (C=O) groups excluding carboxylic acids is 1. The number of hydrogen-bond acceptors (Lipinski definition) is 1. The van der Waals surface area contributed by atoms with Crippen LogP contribution in [0.1, 0.15) is 24.0 Å². The Balaban J connectivity index is 1.85. The van der Waals surface area contributed by atoms with Crippen molar-refractivity contribution in [1.29, 1.82) is 0 Å². The maximum Gasteiger partial charge on any atom is 0.416 e. The lowest BCUT2D eigenvalue weighted by Crippen LogP contribution is -2.32. The number of nitrogens with one attached hydrogen (secondary N) is 1. The Morgan fingerprint density at radius 1 is 1.25 bits per heavy atom. The van der Waals surface area contributed by atoms with Crippen molar-refractivity contribution in [1.82, 2.24) is 5.32 Å². The number of hydrogen-bond donors (Lipinski definition) is 1. The fourth-order valence-electron chi connectivity index (χ4n) is 1.88. The molecule has 0 spiro atoms. The van der Waals surface area contributed by atoms with Gasteiger partial charge in [0, 0.05) is 17.8 Å². The van der Waals surface area contributed by atoms with Gasteiger partial charge < -0.3 is 5.32 Å². The first-order valence-electron chi connectivity index (χ1n) is 6.33. The van der Waals surface area contributed by atoms with Gasteiger partial charge in [0.25, 0.3) is 0 Å². The summed E-state index contributed by atoms with van der Waals surface area (Å²) >= 11 is 5.80. The van der Waals surface area contributed by atoms with E-state index in [2.05, 4.69) is 5.32 Å². The van der Waals surface area contributed by atoms with Crippen molar-refractivity contribution in [2.24, 2.45) is 5.41 Å². The highest BCUT2D eigenvalue weighted by Crippen LogP contribution is 2.45. The van der Waals surface area contributed by atoms with Crippen LogP contribution in [0.25, 0.3) is 0 Å². The topological polar surface area (TPSA) is 29.1 Å². The Kier molecular flexibility index (Phi) is 4.28. The largest absolute Gasteiger partial charge is 0.416 e. The molecule has 1 amide bonds. The molecule has 0 bridgehead atoms. The van der Waals surface area contributed by atoms with Crippen molar-refractivity contribution in [3.63, 3.8) is 0 Å². The van der Waals surface area contributed by atoms with E-state index in [1.807, 2.05) is 0 Å². The van der Waals surface area contributed by atoms with Crippen LogP contribution < -0.4 is 5.32 Å². The van der Waals surface area contributed by atoms with E-state index < -0.39 is 11.7 Å². The van der Waals surface area contributed by atoms with Crippen LogP contribution in [0, 0.1) is 5.41 Å². The fraction of sp³-hybridized carbons (Fsp3) is 0.500. The minimum absolute atomic E-state index is 0.0390. The first-order chi connectivity index (χ1) is 9.35. The molecule has 1 aromatic rings. The molecule has 110 valence electrons. The Morgan fingerprint density at radius 3 is 2.30 bits per heavy atom. The Hall–Kier alpha value is -1.23. The quantitative estimate of drug-likeness (QED) is 0.830. The van der Waals surface area contributed by atoms with Crippen LogP contribution in [0.15, 0.2) is 24.3 Å². The number of benzene rings is 1. The van der Waals surface area contributed by atoms with Gasteiger partial charge in [-0.3, -0.25) is 4.79 Å². The summed E-state index contributed by atoms with van der Waals surface area (Å²) in [6.07, 6.45) is -2.25. The number of alkyl halides is 4. The van der Waals surface area contributed by atoms with Crippen molar-refractivity contribution < 1.29 is 18.0 Å². The summed E-state index contributed by atoms with van der Waals surface area (Å²) in [5.74, 6) is 0.328. The third-order valence-corrected chi connectivity index (χ3v) is 4.11. The number of carbonyl (C=O) groups is 1. The van der Waals surface area contributed by atoms with Gasteiger partial charge in [-0.2, -0.15) is 13.2 Å². The maximum atomic E-state index is 12.4. The van der Waals surface area contributed by atoms with Gasteiger partial charge in [-0.25, -0.2) is 0 Å².